The fourth-order valence-electron chi connectivity index (χ4n) is 3.13. The van der Waals surface area contributed by atoms with Gasteiger partial charge in [-0.15, -0.1) is 0 Å². The summed E-state index contributed by atoms with van der Waals surface area (Å²) >= 11 is 0. The van der Waals surface area contributed by atoms with Crippen molar-refractivity contribution in [3.05, 3.63) is 81.9 Å². The molecule has 7 nitrogen and oxygen atoms in total. The average Bonchev–Trinajstić information content (AvgIpc) is 3.07. The predicted molar refractivity (Wildman–Crippen MR) is 104 cm³/mol. The van der Waals surface area contributed by atoms with Gasteiger partial charge in [0.05, 0.1) is 22.3 Å². The standard InChI is InChI=1S/C20H14F3N5O2/c1-11-10-16(28(27-11)15-9-5-4-8-14(15)20(21,22)23)24-19(30)17-12-6-2-3-7-13(12)18(29)26-25-17/h2-10H,1H3,(H,24,30)(H,26,29). The molecule has 0 radical (unpaired) electrons. The SMILES string of the molecule is Cc1cc(NC(=O)c2n[nH]c(=O)c3ccccc23)n(-c2ccccc2C(F)(F)F)n1. The summed E-state index contributed by atoms with van der Waals surface area (Å²) in [7, 11) is 0. The molecule has 0 atom stereocenters. The van der Waals surface area contributed by atoms with Gasteiger partial charge in [-0.25, -0.2) is 9.78 Å². The summed E-state index contributed by atoms with van der Waals surface area (Å²) in [6, 6.07) is 12.8. The first kappa shape index (κ1) is 19.4. The van der Waals surface area contributed by atoms with E-state index in [9.17, 15) is 22.8 Å². The molecule has 0 aliphatic carbocycles. The van der Waals surface area contributed by atoms with Gasteiger partial charge in [0.15, 0.2) is 5.69 Å². The summed E-state index contributed by atoms with van der Waals surface area (Å²) < 4.78 is 41.3. The number of halogens is 3. The van der Waals surface area contributed by atoms with E-state index in [2.05, 4.69) is 20.6 Å². The molecule has 0 aliphatic heterocycles. The van der Waals surface area contributed by atoms with Gasteiger partial charge in [0.2, 0.25) is 0 Å². The van der Waals surface area contributed by atoms with E-state index in [-0.39, 0.29) is 22.6 Å². The lowest BCUT2D eigenvalue weighted by Crippen LogP contribution is -2.21. The minimum Gasteiger partial charge on any atom is -0.305 e. The minimum atomic E-state index is -4.60. The Morgan fingerprint density at radius 1 is 1.07 bits per heavy atom. The van der Waals surface area contributed by atoms with Crippen LogP contribution in [0.2, 0.25) is 0 Å². The first-order valence-corrected chi connectivity index (χ1v) is 8.78. The van der Waals surface area contributed by atoms with Crippen LogP contribution in [0.4, 0.5) is 19.0 Å². The number of nitrogens with zero attached hydrogens (tertiary/aromatic N) is 3. The van der Waals surface area contributed by atoms with E-state index in [1.807, 2.05) is 0 Å². The number of fused-ring (bicyclic) bond motifs is 1. The van der Waals surface area contributed by atoms with Crippen molar-refractivity contribution in [1.82, 2.24) is 20.0 Å². The molecule has 2 heterocycles. The van der Waals surface area contributed by atoms with Crippen LogP contribution in [-0.2, 0) is 6.18 Å². The van der Waals surface area contributed by atoms with Crippen molar-refractivity contribution >= 4 is 22.5 Å². The molecule has 2 N–H and O–H groups in total. The molecule has 4 aromatic rings. The molecule has 0 spiro atoms. The molecule has 0 unspecified atom stereocenters. The van der Waals surface area contributed by atoms with Crippen LogP contribution < -0.4 is 10.9 Å². The number of alkyl halides is 3. The molecule has 0 bridgehead atoms. The molecule has 2 aromatic carbocycles. The summed E-state index contributed by atoms with van der Waals surface area (Å²) in [5.41, 5.74) is -1.24. The number of carbonyl (C=O) groups excluding carboxylic acids is 1. The molecule has 0 fully saturated rings. The van der Waals surface area contributed by atoms with Crippen molar-refractivity contribution < 1.29 is 18.0 Å². The highest BCUT2D eigenvalue weighted by Gasteiger charge is 2.34. The summed E-state index contributed by atoms with van der Waals surface area (Å²) in [5.74, 6) is -0.667. The Bertz CT molecular complexity index is 1320. The Kier molecular flexibility index (Phi) is 4.61. The molecular formula is C20H14F3N5O2. The third-order valence-corrected chi connectivity index (χ3v) is 4.42. The van der Waals surface area contributed by atoms with Crippen LogP contribution in [-0.4, -0.2) is 25.9 Å². The highest BCUT2D eigenvalue weighted by atomic mass is 19.4. The van der Waals surface area contributed by atoms with E-state index < -0.39 is 23.2 Å². The summed E-state index contributed by atoms with van der Waals surface area (Å²) in [6.07, 6.45) is -4.60. The average molecular weight is 413 g/mol. The van der Waals surface area contributed by atoms with E-state index in [0.29, 0.717) is 11.1 Å². The quantitative estimate of drug-likeness (QED) is 0.536. The van der Waals surface area contributed by atoms with Crippen molar-refractivity contribution in [2.75, 3.05) is 5.32 Å². The van der Waals surface area contributed by atoms with Crippen molar-refractivity contribution in [3.8, 4) is 5.69 Å². The van der Waals surface area contributed by atoms with Crippen LogP contribution in [0.5, 0.6) is 0 Å². The fourth-order valence-corrected chi connectivity index (χ4v) is 3.13. The van der Waals surface area contributed by atoms with Crippen LogP contribution in [0.15, 0.2) is 59.4 Å². The second kappa shape index (κ2) is 7.14. The van der Waals surface area contributed by atoms with Crippen molar-refractivity contribution in [3.63, 3.8) is 0 Å². The Labute approximate surface area is 167 Å². The Balaban J connectivity index is 1.78. The Hall–Kier alpha value is -3.95. The summed E-state index contributed by atoms with van der Waals surface area (Å²) in [4.78, 5) is 24.8. The zero-order chi connectivity index (χ0) is 21.5. The van der Waals surface area contributed by atoms with E-state index in [1.54, 1.807) is 31.2 Å². The molecule has 0 saturated heterocycles. The van der Waals surface area contributed by atoms with Crippen LogP contribution in [0.3, 0.4) is 0 Å². The number of hydrogen-bond donors (Lipinski definition) is 2. The van der Waals surface area contributed by atoms with Crippen molar-refractivity contribution in [2.45, 2.75) is 13.1 Å². The van der Waals surface area contributed by atoms with Gasteiger partial charge < -0.3 is 5.32 Å². The number of H-pyrrole nitrogens is 1. The van der Waals surface area contributed by atoms with E-state index in [4.69, 9.17) is 0 Å². The van der Waals surface area contributed by atoms with Crippen molar-refractivity contribution in [2.24, 2.45) is 0 Å². The molecule has 1 amide bonds. The second-order valence-corrected chi connectivity index (χ2v) is 6.50. The number of hydrogen-bond acceptors (Lipinski definition) is 4. The number of nitrogens with one attached hydrogen (secondary N) is 2. The molecule has 30 heavy (non-hydrogen) atoms. The zero-order valence-corrected chi connectivity index (χ0v) is 15.5. The van der Waals surface area contributed by atoms with E-state index >= 15 is 0 Å². The molecular weight excluding hydrogens is 399 g/mol. The minimum absolute atomic E-state index is 0.0336. The topological polar surface area (TPSA) is 92.7 Å². The van der Waals surface area contributed by atoms with Gasteiger partial charge in [-0.05, 0) is 25.1 Å². The van der Waals surface area contributed by atoms with Crippen molar-refractivity contribution in [1.29, 1.82) is 0 Å². The third-order valence-electron chi connectivity index (χ3n) is 4.42. The number of aryl methyl sites for hydroxylation is 1. The predicted octanol–water partition coefficient (Wildman–Crippen LogP) is 3.69. The number of amides is 1. The van der Waals surface area contributed by atoms with Gasteiger partial charge in [0, 0.05) is 11.5 Å². The van der Waals surface area contributed by atoms with Crippen LogP contribution >= 0.6 is 0 Å². The Morgan fingerprint density at radius 3 is 2.47 bits per heavy atom. The number of para-hydroxylation sites is 1. The van der Waals surface area contributed by atoms with Gasteiger partial charge >= 0.3 is 6.18 Å². The third kappa shape index (κ3) is 3.43. The van der Waals surface area contributed by atoms with Crippen LogP contribution in [0, 0.1) is 6.92 Å². The maximum atomic E-state index is 13.4. The monoisotopic (exact) mass is 413 g/mol. The number of benzene rings is 2. The number of anilines is 1. The van der Waals surface area contributed by atoms with Crippen LogP contribution in [0.25, 0.3) is 16.5 Å². The van der Waals surface area contributed by atoms with Gasteiger partial charge in [-0.3, -0.25) is 9.59 Å². The summed E-state index contributed by atoms with van der Waals surface area (Å²) in [5, 5.41) is 13.3. The number of rotatable bonds is 3. The Morgan fingerprint density at radius 2 is 1.73 bits per heavy atom. The molecule has 4 rings (SSSR count). The highest BCUT2D eigenvalue weighted by Crippen LogP contribution is 2.34. The maximum absolute atomic E-state index is 13.4. The lowest BCUT2D eigenvalue weighted by Gasteiger charge is -2.15. The zero-order valence-electron chi connectivity index (χ0n) is 15.5. The first-order chi connectivity index (χ1) is 14.3. The number of aromatic amines is 1. The molecule has 0 saturated carbocycles. The van der Waals surface area contributed by atoms with Gasteiger partial charge in [-0.1, -0.05) is 30.3 Å². The maximum Gasteiger partial charge on any atom is 0.418 e. The number of aromatic nitrogens is 4. The second-order valence-electron chi connectivity index (χ2n) is 6.50. The van der Waals surface area contributed by atoms with Crippen LogP contribution in [0.1, 0.15) is 21.7 Å². The number of carbonyl (C=O) groups is 1. The lowest BCUT2D eigenvalue weighted by molar-refractivity contribution is -0.137. The highest BCUT2D eigenvalue weighted by molar-refractivity contribution is 6.10. The first-order valence-electron chi connectivity index (χ1n) is 8.78. The molecule has 152 valence electrons. The van der Waals surface area contributed by atoms with Gasteiger partial charge in [-0.2, -0.15) is 23.4 Å². The van der Waals surface area contributed by atoms with Gasteiger partial charge in [0.25, 0.3) is 11.5 Å². The van der Waals surface area contributed by atoms with Gasteiger partial charge in [0.1, 0.15) is 5.82 Å². The summed E-state index contributed by atoms with van der Waals surface area (Å²) in [6.45, 7) is 1.59. The molecule has 10 heteroatoms. The normalized spacial score (nSPS) is 11.6. The smallest absolute Gasteiger partial charge is 0.305 e. The molecule has 0 aliphatic rings. The largest absolute Gasteiger partial charge is 0.418 e. The van der Waals surface area contributed by atoms with E-state index in [0.717, 1.165) is 10.7 Å². The lowest BCUT2D eigenvalue weighted by atomic mass is 10.1. The molecule has 2 aromatic heterocycles. The van der Waals surface area contributed by atoms with E-state index in [1.165, 1.54) is 24.3 Å². The fraction of sp³-hybridized carbons (Fsp3) is 0.100.